The second-order valence-electron chi connectivity index (χ2n) is 2.64. The first-order valence-corrected chi connectivity index (χ1v) is 4.64. The van der Waals surface area contributed by atoms with Crippen LogP contribution in [0.4, 0.5) is 0 Å². The maximum absolute atomic E-state index is 10.9. The third-order valence-electron chi connectivity index (χ3n) is 0.823. The maximum atomic E-state index is 10.9. The largest absolute Gasteiger partial charge is 0.328 e. The molecule has 9 heavy (non-hydrogen) atoms. The molecule has 0 aromatic heterocycles. The molecule has 0 fully saturated rings. The smallest absolute Gasteiger partial charge is 0.194 e. The van der Waals surface area contributed by atoms with E-state index >= 15 is 0 Å². The number of hydrogen-bond acceptors (Lipinski definition) is 2. The maximum Gasteiger partial charge on any atom is 0.194 e. The molecule has 0 aliphatic rings. The Kier molecular flexibility index (Phi) is 4.16. The van der Waals surface area contributed by atoms with E-state index in [9.17, 15) is 4.57 Å². The molecule has 0 rings (SSSR count). The Hall–Kier alpha value is 0.190. The molecule has 0 radical (unpaired) electrons. The lowest BCUT2D eigenvalue weighted by Crippen LogP contribution is -1.98. The third kappa shape index (κ3) is 4.68. The van der Waals surface area contributed by atoms with Gasteiger partial charge in [-0.3, -0.25) is 4.57 Å². The summed E-state index contributed by atoms with van der Waals surface area (Å²) in [5.74, 6) is 0. The fourth-order valence-electron chi connectivity index (χ4n) is 0.368. The third-order valence-corrected chi connectivity index (χ3v) is 2.47. The monoisotopic (exact) mass is 150 g/mol. The van der Waals surface area contributed by atoms with Crippen molar-refractivity contribution in [1.29, 1.82) is 0 Å². The van der Waals surface area contributed by atoms with Crippen molar-refractivity contribution in [3.63, 3.8) is 0 Å². The molecule has 0 heterocycles. The van der Waals surface area contributed by atoms with Crippen molar-refractivity contribution >= 4 is 8.03 Å². The zero-order chi connectivity index (χ0) is 7.44. The van der Waals surface area contributed by atoms with Crippen LogP contribution in [0.3, 0.4) is 0 Å². The molecule has 0 spiro atoms. The summed E-state index contributed by atoms with van der Waals surface area (Å²) in [4.78, 5) is 0. The van der Waals surface area contributed by atoms with Crippen molar-refractivity contribution in [2.45, 2.75) is 39.5 Å². The molecule has 3 heteroatoms. The Morgan fingerprint density at radius 1 is 1.22 bits per heavy atom. The Balaban J connectivity index is 3.51. The van der Waals surface area contributed by atoms with Crippen LogP contribution < -0.4 is 0 Å². The van der Waals surface area contributed by atoms with Crippen LogP contribution >= 0.6 is 8.03 Å². The predicted octanol–water partition coefficient (Wildman–Crippen LogP) is 2.29. The first kappa shape index (κ1) is 9.19. The SMILES string of the molecule is CC(C)O[PH](=O)C(C)C. The van der Waals surface area contributed by atoms with Gasteiger partial charge in [0.1, 0.15) is 0 Å². The highest BCUT2D eigenvalue weighted by molar-refractivity contribution is 7.39. The van der Waals surface area contributed by atoms with E-state index in [1.54, 1.807) is 0 Å². The van der Waals surface area contributed by atoms with Gasteiger partial charge in [-0.15, -0.1) is 0 Å². The van der Waals surface area contributed by atoms with Crippen LogP contribution in [0.1, 0.15) is 27.7 Å². The molecule has 1 unspecified atom stereocenters. The summed E-state index contributed by atoms with van der Waals surface area (Å²) in [5.41, 5.74) is 0.178. The highest BCUT2D eigenvalue weighted by Crippen LogP contribution is 2.29. The van der Waals surface area contributed by atoms with E-state index in [1.807, 2.05) is 27.7 Å². The molecule has 0 amide bonds. The Morgan fingerprint density at radius 3 is 1.78 bits per heavy atom. The van der Waals surface area contributed by atoms with Crippen molar-refractivity contribution in [1.82, 2.24) is 0 Å². The Morgan fingerprint density at radius 2 is 1.67 bits per heavy atom. The van der Waals surface area contributed by atoms with E-state index in [4.69, 9.17) is 4.52 Å². The van der Waals surface area contributed by atoms with Crippen molar-refractivity contribution in [2.75, 3.05) is 0 Å². The molecule has 0 bridgehead atoms. The fraction of sp³-hybridized carbons (Fsp3) is 1.00. The summed E-state index contributed by atoms with van der Waals surface area (Å²) < 4.78 is 16.0. The Labute approximate surface area is 57.5 Å². The zero-order valence-corrected chi connectivity index (χ0v) is 7.47. The Bertz CT molecular complexity index is 99.2. The molecule has 1 atom stereocenters. The van der Waals surface area contributed by atoms with Gasteiger partial charge in [0.25, 0.3) is 0 Å². The van der Waals surface area contributed by atoms with Crippen LogP contribution in [0.15, 0.2) is 0 Å². The first-order chi connectivity index (χ1) is 4.04. The predicted molar refractivity (Wildman–Crippen MR) is 40.4 cm³/mol. The molecule has 0 aliphatic heterocycles. The van der Waals surface area contributed by atoms with Crippen molar-refractivity contribution in [2.24, 2.45) is 0 Å². The summed E-state index contributed by atoms with van der Waals surface area (Å²) in [5, 5.41) is 0. The van der Waals surface area contributed by atoms with Crippen molar-refractivity contribution in [3.05, 3.63) is 0 Å². The molecule has 2 nitrogen and oxygen atoms in total. The standard InChI is InChI=1S/C6H15O2P/c1-5(2)8-9(7)6(3)4/h5-6,9H,1-4H3. The van der Waals surface area contributed by atoms with E-state index in [0.717, 1.165) is 0 Å². The van der Waals surface area contributed by atoms with Gasteiger partial charge in [-0.2, -0.15) is 0 Å². The van der Waals surface area contributed by atoms with E-state index in [1.165, 1.54) is 0 Å². The summed E-state index contributed by atoms with van der Waals surface area (Å²) in [6.07, 6.45) is 0.0961. The lowest BCUT2D eigenvalue weighted by atomic mass is 10.5. The van der Waals surface area contributed by atoms with Gasteiger partial charge < -0.3 is 4.52 Å². The zero-order valence-electron chi connectivity index (χ0n) is 6.47. The van der Waals surface area contributed by atoms with E-state index in [-0.39, 0.29) is 11.8 Å². The number of hydrogen-bond donors (Lipinski definition) is 0. The minimum Gasteiger partial charge on any atom is -0.328 e. The van der Waals surface area contributed by atoms with Gasteiger partial charge in [0.05, 0.1) is 6.10 Å². The van der Waals surface area contributed by atoms with Crippen molar-refractivity contribution < 1.29 is 9.09 Å². The van der Waals surface area contributed by atoms with E-state index in [0.29, 0.717) is 0 Å². The summed E-state index contributed by atoms with van der Waals surface area (Å²) in [7, 11) is -1.76. The van der Waals surface area contributed by atoms with Gasteiger partial charge in [-0.1, -0.05) is 13.8 Å². The molecule has 0 aliphatic carbocycles. The summed E-state index contributed by atoms with van der Waals surface area (Å²) in [6, 6.07) is 0. The second kappa shape index (κ2) is 4.08. The molecule has 0 aromatic carbocycles. The highest BCUT2D eigenvalue weighted by Gasteiger charge is 2.05. The van der Waals surface area contributed by atoms with Crippen LogP contribution in [0.25, 0.3) is 0 Å². The molecule has 0 aromatic rings. The molecule has 0 saturated carbocycles. The molecular weight excluding hydrogens is 135 g/mol. The minimum absolute atomic E-state index is 0.0961. The van der Waals surface area contributed by atoms with Gasteiger partial charge in [0.15, 0.2) is 8.03 Å². The van der Waals surface area contributed by atoms with Crippen LogP contribution in [-0.4, -0.2) is 11.8 Å². The molecule has 0 saturated heterocycles. The highest BCUT2D eigenvalue weighted by atomic mass is 31.1. The normalized spacial score (nSPS) is 14.9. The first-order valence-electron chi connectivity index (χ1n) is 3.24. The van der Waals surface area contributed by atoms with Gasteiger partial charge in [-0.05, 0) is 13.8 Å². The average Bonchev–Trinajstić information content (AvgIpc) is 1.63. The van der Waals surface area contributed by atoms with Crippen LogP contribution in [0.2, 0.25) is 0 Å². The minimum atomic E-state index is -1.76. The summed E-state index contributed by atoms with van der Waals surface area (Å²) in [6.45, 7) is 7.60. The van der Waals surface area contributed by atoms with Gasteiger partial charge in [0.2, 0.25) is 0 Å². The molecular formula is C6H15O2P. The van der Waals surface area contributed by atoms with E-state index in [2.05, 4.69) is 0 Å². The topological polar surface area (TPSA) is 26.3 Å². The van der Waals surface area contributed by atoms with E-state index < -0.39 is 8.03 Å². The quantitative estimate of drug-likeness (QED) is 0.577. The fourth-order valence-corrected chi connectivity index (χ4v) is 1.11. The molecule has 0 N–H and O–H groups in total. The lowest BCUT2D eigenvalue weighted by molar-refractivity contribution is 0.253. The lowest BCUT2D eigenvalue weighted by Gasteiger charge is -2.08. The second-order valence-corrected chi connectivity index (χ2v) is 4.67. The summed E-state index contributed by atoms with van der Waals surface area (Å²) >= 11 is 0. The van der Waals surface area contributed by atoms with Gasteiger partial charge in [0, 0.05) is 5.66 Å². The van der Waals surface area contributed by atoms with Crippen LogP contribution in [-0.2, 0) is 9.09 Å². The van der Waals surface area contributed by atoms with Crippen LogP contribution in [0.5, 0.6) is 0 Å². The van der Waals surface area contributed by atoms with Gasteiger partial charge >= 0.3 is 0 Å². The van der Waals surface area contributed by atoms with Crippen molar-refractivity contribution in [3.8, 4) is 0 Å². The molecule has 56 valence electrons. The number of rotatable bonds is 3. The van der Waals surface area contributed by atoms with Crippen LogP contribution in [0, 0.1) is 0 Å². The average molecular weight is 150 g/mol. The van der Waals surface area contributed by atoms with Gasteiger partial charge in [-0.25, -0.2) is 0 Å².